The molecule has 1 heterocycles. The van der Waals surface area contributed by atoms with Crippen LogP contribution >= 0.6 is 31.9 Å². The number of rotatable bonds is 4. The SMILES string of the molecule is COc1c(Br)cc(/C=C(/C#N)C(=O)N2CCN(c3ccccc3)CC2)cc1Br. The second-order valence-electron chi connectivity index (χ2n) is 6.30. The fraction of sp³-hybridized carbons (Fsp3) is 0.238. The largest absolute Gasteiger partial charge is 0.494 e. The Kier molecular flexibility index (Phi) is 6.76. The van der Waals surface area contributed by atoms with Crippen molar-refractivity contribution >= 4 is 49.5 Å². The van der Waals surface area contributed by atoms with Crippen molar-refractivity contribution in [2.45, 2.75) is 0 Å². The summed E-state index contributed by atoms with van der Waals surface area (Å²) >= 11 is 6.89. The van der Waals surface area contributed by atoms with Crippen LogP contribution in [-0.4, -0.2) is 44.1 Å². The Labute approximate surface area is 181 Å². The first-order valence-electron chi connectivity index (χ1n) is 8.77. The molecule has 0 atom stereocenters. The lowest BCUT2D eigenvalue weighted by molar-refractivity contribution is -0.126. The first kappa shape index (κ1) is 20.4. The number of hydrogen-bond acceptors (Lipinski definition) is 4. The predicted octanol–water partition coefficient (Wildman–Crippen LogP) is 4.48. The Hall–Kier alpha value is -2.30. The van der Waals surface area contributed by atoms with E-state index in [1.54, 1.807) is 18.1 Å². The van der Waals surface area contributed by atoms with Crippen LogP contribution in [0.4, 0.5) is 5.69 Å². The van der Waals surface area contributed by atoms with Crippen molar-refractivity contribution in [3.8, 4) is 11.8 Å². The van der Waals surface area contributed by atoms with Gasteiger partial charge in [-0.3, -0.25) is 4.79 Å². The lowest BCUT2D eigenvalue weighted by Gasteiger charge is -2.36. The van der Waals surface area contributed by atoms with Gasteiger partial charge in [-0.1, -0.05) is 18.2 Å². The minimum Gasteiger partial charge on any atom is -0.494 e. The fourth-order valence-corrected chi connectivity index (χ4v) is 4.69. The molecule has 1 aliphatic rings. The van der Waals surface area contributed by atoms with Crippen LogP contribution in [0, 0.1) is 11.3 Å². The molecule has 0 unspecified atom stereocenters. The average molecular weight is 505 g/mol. The van der Waals surface area contributed by atoms with Gasteiger partial charge in [0.2, 0.25) is 0 Å². The summed E-state index contributed by atoms with van der Waals surface area (Å²) in [5.41, 5.74) is 2.02. The Balaban J connectivity index is 1.73. The topological polar surface area (TPSA) is 56.6 Å². The minimum atomic E-state index is -0.238. The van der Waals surface area contributed by atoms with E-state index in [2.05, 4.69) is 55.0 Å². The summed E-state index contributed by atoms with van der Waals surface area (Å²) in [4.78, 5) is 16.8. The van der Waals surface area contributed by atoms with E-state index in [4.69, 9.17) is 4.74 Å². The number of benzene rings is 2. The molecule has 1 amide bonds. The first-order valence-corrected chi connectivity index (χ1v) is 10.4. The number of amides is 1. The standard InChI is InChI=1S/C21H19Br2N3O2/c1-28-20-18(22)12-15(13-19(20)23)11-16(14-24)21(27)26-9-7-25(8-10-26)17-5-3-2-4-6-17/h2-6,11-13H,7-10H2,1H3/b16-11-. The molecule has 0 aliphatic carbocycles. The molecule has 2 aromatic carbocycles. The van der Waals surface area contributed by atoms with Crippen LogP contribution in [-0.2, 0) is 4.79 Å². The number of nitriles is 1. The van der Waals surface area contributed by atoms with Gasteiger partial charge in [-0.25, -0.2) is 0 Å². The van der Waals surface area contributed by atoms with E-state index >= 15 is 0 Å². The van der Waals surface area contributed by atoms with E-state index in [1.165, 1.54) is 0 Å². The van der Waals surface area contributed by atoms with Gasteiger partial charge < -0.3 is 14.5 Å². The number of methoxy groups -OCH3 is 1. The molecule has 0 radical (unpaired) electrons. The maximum absolute atomic E-state index is 12.8. The van der Waals surface area contributed by atoms with Gasteiger partial charge in [0.1, 0.15) is 17.4 Å². The van der Waals surface area contributed by atoms with Gasteiger partial charge in [-0.05, 0) is 67.8 Å². The van der Waals surface area contributed by atoms with Gasteiger partial charge in [0.05, 0.1) is 16.1 Å². The van der Waals surface area contributed by atoms with Gasteiger partial charge in [-0.2, -0.15) is 5.26 Å². The zero-order valence-electron chi connectivity index (χ0n) is 15.4. The van der Waals surface area contributed by atoms with Crippen LogP contribution in [0.1, 0.15) is 5.56 Å². The zero-order valence-corrected chi connectivity index (χ0v) is 18.5. The van der Waals surface area contributed by atoms with E-state index in [0.29, 0.717) is 18.8 Å². The summed E-state index contributed by atoms with van der Waals surface area (Å²) in [6, 6.07) is 15.8. The van der Waals surface area contributed by atoms with E-state index < -0.39 is 0 Å². The number of nitrogens with zero attached hydrogens (tertiary/aromatic N) is 3. The van der Waals surface area contributed by atoms with Crippen molar-refractivity contribution in [2.75, 3.05) is 38.2 Å². The zero-order chi connectivity index (χ0) is 20.1. The number of para-hydroxylation sites is 1. The number of hydrogen-bond donors (Lipinski definition) is 0. The van der Waals surface area contributed by atoms with Crippen molar-refractivity contribution in [3.63, 3.8) is 0 Å². The minimum absolute atomic E-state index is 0.122. The molecule has 1 saturated heterocycles. The van der Waals surface area contributed by atoms with Crippen LogP contribution in [0.3, 0.4) is 0 Å². The van der Waals surface area contributed by atoms with Crippen LogP contribution in [0.25, 0.3) is 6.08 Å². The van der Waals surface area contributed by atoms with Crippen LogP contribution in [0.2, 0.25) is 0 Å². The number of anilines is 1. The summed E-state index contributed by atoms with van der Waals surface area (Å²) in [6.07, 6.45) is 1.61. The highest BCUT2D eigenvalue weighted by atomic mass is 79.9. The summed E-state index contributed by atoms with van der Waals surface area (Å²) in [7, 11) is 1.58. The van der Waals surface area contributed by atoms with E-state index in [9.17, 15) is 10.1 Å². The third-order valence-electron chi connectivity index (χ3n) is 4.57. The highest BCUT2D eigenvalue weighted by Crippen LogP contribution is 2.35. The van der Waals surface area contributed by atoms with E-state index in [-0.39, 0.29) is 11.5 Å². The number of ether oxygens (including phenoxy) is 1. The molecular formula is C21H19Br2N3O2. The van der Waals surface area contributed by atoms with Gasteiger partial charge in [-0.15, -0.1) is 0 Å². The predicted molar refractivity (Wildman–Crippen MR) is 117 cm³/mol. The van der Waals surface area contributed by atoms with Crippen molar-refractivity contribution in [1.82, 2.24) is 4.90 Å². The first-order chi connectivity index (χ1) is 13.5. The van der Waals surface area contributed by atoms with Crippen LogP contribution in [0.5, 0.6) is 5.75 Å². The van der Waals surface area contributed by atoms with Gasteiger partial charge in [0.25, 0.3) is 5.91 Å². The number of carbonyl (C=O) groups is 1. The second kappa shape index (κ2) is 9.26. The number of carbonyl (C=O) groups excluding carboxylic acids is 1. The second-order valence-corrected chi connectivity index (χ2v) is 8.01. The lowest BCUT2D eigenvalue weighted by Crippen LogP contribution is -2.49. The maximum Gasteiger partial charge on any atom is 0.264 e. The summed E-state index contributed by atoms with van der Waals surface area (Å²) in [5.74, 6) is 0.428. The Bertz CT molecular complexity index is 907. The molecule has 1 fully saturated rings. The van der Waals surface area contributed by atoms with E-state index in [1.807, 2.05) is 30.3 Å². The molecule has 2 aromatic rings. The molecule has 0 bridgehead atoms. The highest BCUT2D eigenvalue weighted by Gasteiger charge is 2.24. The van der Waals surface area contributed by atoms with Crippen LogP contribution < -0.4 is 9.64 Å². The quantitative estimate of drug-likeness (QED) is 0.455. The molecule has 28 heavy (non-hydrogen) atoms. The Morgan fingerprint density at radius 3 is 2.25 bits per heavy atom. The molecule has 7 heteroatoms. The van der Waals surface area contributed by atoms with Crippen molar-refractivity contribution in [3.05, 3.63) is 62.5 Å². The number of piperazine rings is 1. The Morgan fingerprint density at radius 1 is 1.11 bits per heavy atom. The third-order valence-corrected chi connectivity index (χ3v) is 5.75. The van der Waals surface area contributed by atoms with Crippen molar-refractivity contribution in [1.29, 1.82) is 5.26 Å². The normalized spacial score (nSPS) is 14.6. The summed E-state index contributed by atoms with van der Waals surface area (Å²) in [6.45, 7) is 2.66. The molecule has 0 aromatic heterocycles. The molecule has 0 N–H and O–H groups in total. The van der Waals surface area contributed by atoms with Crippen molar-refractivity contribution < 1.29 is 9.53 Å². The monoisotopic (exact) mass is 503 g/mol. The van der Waals surface area contributed by atoms with Gasteiger partial charge >= 0.3 is 0 Å². The number of halogens is 2. The van der Waals surface area contributed by atoms with Crippen LogP contribution in [0.15, 0.2) is 57.0 Å². The smallest absolute Gasteiger partial charge is 0.264 e. The summed E-state index contributed by atoms with van der Waals surface area (Å²) < 4.78 is 6.79. The van der Waals surface area contributed by atoms with Gasteiger partial charge in [0.15, 0.2) is 0 Å². The molecule has 144 valence electrons. The van der Waals surface area contributed by atoms with E-state index in [0.717, 1.165) is 33.3 Å². The van der Waals surface area contributed by atoms with Gasteiger partial charge in [0, 0.05) is 31.9 Å². The molecule has 1 aliphatic heterocycles. The molecule has 0 saturated carbocycles. The third kappa shape index (κ3) is 4.57. The molecule has 3 rings (SSSR count). The fourth-order valence-electron chi connectivity index (χ4n) is 3.14. The Morgan fingerprint density at radius 2 is 1.71 bits per heavy atom. The molecule has 5 nitrogen and oxygen atoms in total. The lowest BCUT2D eigenvalue weighted by atomic mass is 10.1. The molecular weight excluding hydrogens is 486 g/mol. The maximum atomic E-state index is 12.8. The average Bonchev–Trinajstić information content (AvgIpc) is 2.72. The van der Waals surface area contributed by atoms with Crippen molar-refractivity contribution in [2.24, 2.45) is 0 Å². The molecule has 0 spiro atoms. The summed E-state index contributed by atoms with van der Waals surface area (Å²) in [5, 5.41) is 9.53. The highest BCUT2D eigenvalue weighted by molar-refractivity contribution is 9.11.